The molecule has 5 N–H and O–H groups in total. The molecule has 1 fully saturated rings. The summed E-state index contributed by atoms with van der Waals surface area (Å²) in [5.74, 6) is 0.227. The molecule has 0 bridgehead atoms. The van der Waals surface area contributed by atoms with Crippen LogP contribution < -0.4 is 5.73 Å². The van der Waals surface area contributed by atoms with Gasteiger partial charge in [0, 0.05) is 22.6 Å². The molecule has 3 heterocycles. The number of nitrogens with two attached hydrogens (primary N) is 1. The van der Waals surface area contributed by atoms with Gasteiger partial charge in [0.1, 0.15) is 23.8 Å². The minimum atomic E-state index is -1.20. The third kappa shape index (κ3) is 2.03. The zero-order valence-electron chi connectivity index (χ0n) is 10.1. The fourth-order valence-electron chi connectivity index (χ4n) is 2.21. The maximum absolute atomic E-state index is 10.0. The first-order valence-corrected chi connectivity index (χ1v) is 6.88. The molecule has 1 unspecified atom stereocenters. The van der Waals surface area contributed by atoms with Crippen LogP contribution in [0.5, 0.6) is 0 Å². The lowest BCUT2D eigenvalue weighted by molar-refractivity contribution is -0.0511. The highest BCUT2D eigenvalue weighted by atomic mass is 127. The molecule has 9 nitrogen and oxygen atoms in total. The number of rotatable bonds is 2. The zero-order valence-corrected chi connectivity index (χ0v) is 12.2. The van der Waals surface area contributed by atoms with E-state index in [0.717, 1.165) is 0 Å². The molecule has 0 radical (unpaired) electrons. The van der Waals surface area contributed by atoms with Gasteiger partial charge in [0.05, 0.1) is 12.9 Å². The van der Waals surface area contributed by atoms with Crippen LogP contribution in [-0.4, -0.2) is 59.8 Å². The van der Waals surface area contributed by atoms with Crippen molar-refractivity contribution in [2.24, 2.45) is 0 Å². The number of hydrogen-bond donors (Lipinski definition) is 4. The molecule has 1 aliphatic rings. The van der Waals surface area contributed by atoms with E-state index >= 15 is 0 Å². The van der Waals surface area contributed by atoms with Gasteiger partial charge in [-0.3, -0.25) is 4.57 Å². The fraction of sp³-hybridized carbons (Fsp3) is 0.500. The highest BCUT2D eigenvalue weighted by Crippen LogP contribution is 2.31. The maximum Gasteiger partial charge on any atom is 0.194 e. The predicted octanol–water partition coefficient (Wildman–Crippen LogP) is -1.38. The largest absolute Gasteiger partial charge is 0.394 e. The molecule has 1 aliphatic heterocycles. The number of aromatic nitrogens is 4. The van der Waals surface area contributed by atoms with Gasteiger partial charge in [0.25, 0.3) is 0 Å². The topological polar surface area (TPSA) is 140 Å². The van der Waals surface area contributed by atoms with E-state index in [4.69, 9.17) is 15.6 Å². The van der Waals surface area contributed by atoms with E-state index in [1.807, 2.05) is 22.6 Å². The lowest BCUT2D eigenvalue weighted by Gasteiger charge is -2.16. The second kappa shape index (κ2) is 5.04. The zero-order chi connectivity index (χ0) is 14.4. The molecule has 0 saturated carbocycles. The molecule has 2 aromatic rings. The number of nitrogens with zero attached hydrogens (tertiary/aromatic N) is 4. The molecule has 0 spiro atoms. The standard InChI is InChI=1S/C10H12IN5O4/c11-10-14-7(12)4-8(15-10)16(2-13-4)9-6(19)5(18)3(1-17)20-9/h2-3,5-6,9,17-19H,1H2,(H2,12,14,15)/t3-,5-,6?,9-/m1/s1. The average molecular weight is 393 g/mol. The third-order valence-electron chi connectivity index (χ3n) is 3.21. The highest BCUT2D eigenvalue weighted by molar-refractivity contribution is 14.1. The summed E-state index contributed by atoms with van der Waals surface area (Å²) in [5, 5.41) is 28.9. The number of aliphatic hydroxyl groups is 3. The van der Waals surface area contributed by atoms with E-state index in [9.17, 15) is 10.2 Å². The number of imidazole rings is 1. The smallest absolute Gasteiger partial charge is 0.194 e. The molecule has 4 atom stereocenters. The van der Waals surface area contributed by atoms with Gasteiger partial charge in [-0.2, -0.15) is 0 Å². The number of halogens is 1. The van der Waals surface area contributed by atoms with Crippen molar-refractivity contribution in [2.45, 2.75) is 24.5 Å². The Morgan fingerprint density at radius 2 is 2.10 bits per heavy atom. The lowest BCUT2D eigenvalue weighted by Crippen LogP contribution is -2.33. The minimum Gasteiger partial charge on any atom is -0.394 e. The third-order valence-corrected chi connectivity index (χ3v) is 3.69. The monoisotopic (exact) mass is 393 g/mol. The van der Waals surface area contributed by atoms with E-state index < -0.39 is 31.1 Å². The summed E-state index contributed by atoms with van der Waals surface area (Å²) >= 11 is 1.92. The Kier molecular flexibility index (Phi) is 3.50. The number of nitrogen functional groups attached to an aromatic ring is 1. The molecule has 2 aromatic heterocycles. The fourth-order valence-corrected chi connectivity index (χ4v) is 2.70. The normalized spacial score (nSPS) is 30.2. The molecule has 1 saturated heterocycles. The molecule has 10 heteroatoms. The van der Waals surface area contributed by atoms with Crippen LogP contribution in [0, 0.1) is 3.83 Å². The van der Waals surface area contributed by atoms with Crippen molar-refractivity contribution in [3.05, 3.63) is 10.2 Å². The highest BCUT2D eigenvalue weighted by Gasteiger charge is 2.44. The van der Waals surface area contributed by atoms with Gasteiger partial charge in [-0.15, -0.1) is 0 Å². The first-order valence-electron chi connectivity index (χ1n) is 5.81. The summed E-state index contributed by atoms with van der Waals surface area (Å²) in [6, 6.07) is 0. The number of hydrogen-bond acceptors (Lipinski definition) is 8. The minimum absolute atomic E-state index is 0.227. The van der Waals surface area contributed by atoms with Crippen molar-refractivity contribution < 1.29 is 20.1 Å². The van der Waals surface area contributed by atoms with Gasteiger partial charge in [-0.1, -0.05) is 0 Å². The van der Waals surface area contributed by atoms with E-state index in [-0.39, 0.29) is 5.82 Å². The molecular weight excluding hydrogens is 381 g/mol. The molecule has 0 aromatic carbocycles. The van der Waals surface area contributed by atoms with Crippen LogP contribution in [0.15, 0.2) is 6.33 Å². The molecule has 0 aliphatic carbocycles. The van der Waals surface area contributed by atoms with Crippen LogP contribution >= 0.6 is 22.6 Å². The van der Waals surface area contributed by atoms with E-state index in [1.165, 1.54) is 10.9 Å². The summed E-state index contributed by atoms with van der Waals surface area (Å²) in [6.45, 7) is -0.393. The van der Waals surface area contributed by atoms with Crippen LogP contribution in [-0.2, 0) is 4.74 Å². The summed E-state index contributed by atoms with van der Waals surface area (Å²) in [5.41, 5.74) is 6.55. The van der Waals surface area contributed by atoms with Gasteiger partial charge in [0.2, 0.25) is 0 Å². The summed E-state index contributed by atoms with van der Waals surface area (Å²) in [6.07, 6.45) is -2.71. The van der Waals surface area contributed by atoms with Crippen molar-refractivity contribution in [1.29, 1.82) is 0 Å². The second-order valence-corrected chi connectivity index (χ2v) is 5.40. The van der Waals surface area contributed by atoms with Crippen LogP contribution in [0.25, 0.3) is 11.2 Å². The Balaban J connectivity index is 2.07. The van der Waals surface area contributed by atoms with Crippen molar-refractivity contribution in [3.63, 3.8) is 0 Å². The van der Waals surface area contributed by atoms with Crippen LogP contribution in [0.4, 0.5) is 5.82 Å². The Labute approximate surface area is 126 Å². The van der Waals surface area contributed by atoms with E-state index in [1.54, 1.807) is 0 Å². The Morgan fingerprint density at radius 1 is 1.35 bits per heavy atom. The number of aliphatic hydroxyl groups excluding tert-OH is 3. The average Bonchev–Trinajstić information content (AvgIpc) is 2.93. The van der Waals surface area contributed by atoms with Crippen LogP contribution in [0.1, 0.15) is 6.23 Å². The molecule has 108 valence electrons. The molecule has 20 heavy (non-hydrogen) atoms. The second-order valence-electron chi connectivity index (χ2n) is 4.43. The van der Waals surface area contributed by atoms with Crippen LogP contribution in [0.2, 0.25) is 0 Å². The van der Waals surface area contributed by atoms with Crippen molar-refractivity contribution in [2.75, 3.05) is 12.3 Å². The van der Waals surface area contributed by atoms with Crippen molar-refractivity contribution in [1.82, 2.24) is 19.5 Å². The van der Waals surface area contributed by atoms with Gasteiger partial charge in [-0.05, 0) is 0 Å². The first kappa shape index (κ1) is 13.9. The van der Waals surface area contributed by atoms with Gasteiger partial charge in [-0.25, -0.2) is 15.0 Å². The maximum atomic E-state index is 10.0. The summed E-state index contributed by atoms with van der Waals surface area (Å²) in [4.78, 5) is 12.3. The number of ether oxygens (including phenoxy) is 1. The van der Waals surface area contributed by atoms with Gasteiger partial charge < -0.3 is 25.8 Å². The molecule has 3 rings (SSSR count). The van der Waals surface area contributed by atoms with Crippen molar-refractivity contribution >= 4 is 39.6 Å². The van der Waals surface area contributed by atoms with Crippen molar-refractivity contribution in [3.8, 4) is 0 Å². The summed E-state index contributed by atoms with van der Waals surface area (Å²) < 4.78 is 7.34. The lowest BCUT2D eigenvalue weighted by atomic mass is 10.1. The molecular formula is C10H12IN5O4. The Bertz CT molecular complexity index is 650. The number of fused-ring (bicyclic) bond motifs is 1. The van der Waals surface area contributed by atoms with Gasteiger partial charge >= 0.3 is 0 Å². The predicted molar refractivity (Wildman–Crippen MR) is 75.5 cm³/mol. The van der Waals surface area contributed by atoms with Crippen LogP contribution in [0.3, 0.4) is 0 Å². The SMILES string of the molecule is Nc1nc(I)nc2c1ncn2[C@@H]1O[C@H](CO)[C@@H](O)C1O. The van der Waals surface area contributed by atoms with E-state index in [2.05, 4.69) is 15.0 Å². The first-order chi connectivity index (χ1) is 9.52. The number of anilines is 1. The van der Waals surface area contributed by atoms with E-state index in [0.29, 0.717) is 15.0 Å². The van der Waals surface area contributed by atoms with Gasteiger partial charge in [0.15, 0.2) is 21.5 Å². The molecule has 0 amide bonds. The summed E-state index contributed by atoms with van der Waals surface area (Å²) in [7, 11) is 0. The quantitative estimate of drug-likeness (QED) is 0.362. The Morgan fingerprint density at radius 3 is 2.75 bits per heavy atom. The Hall–Kier alpha value is -1.08.